The van der Waals surface area contributed by atoms with Crippen molar-refractivity contribution in [1.29, 1.82) is 0 Å². The summed E-state index contributed by atoms with van der Waals surface area (Å²) in [5.74, 6) is 0. The van der Waals surface area contributed by atoms with Crippen LogP contribution in [0.4, 0.5) is 5.69 Å². The van der Waals surface area contributed by atoms with Crippen LogP contribution in [0.5, 0.6) is 0 Å². The molecule has 2 rings (SSSR count). The maximum absolute atomic E-state index is 10.8. The normalized spacial score (nSPS) is 11.6. The Hall–Kier alpha value is -1.99. The fourth-order valence-electron chi connectivity index (χ4n) is 1.64. The maximum Gasteiger partial charge on any atom is 0.271 e. The lowest BCUT2D eigenvalue weighted by atomic mass is 10.1. The summed E-state index contributed by atoms with van der Waals surface area (Å²) in [6.45, 7) is 6.70. The van der Waals surface area contributed by atoms with Gasteiger partial charge in [0.25, 0.3) is 5.69 Å². The van der Waals surface area contributed by atoms with Crippen molar-refractivity contribution in [2.24, 2.45) is 0 Å². The Morgan fingerprint density at radius 1 is 1.43 bits per heavy atom. The molecule has 2 aromatic rings. The minimum Gasteiger partial charge on any atom is -0.306 e. The summed E-state index contributed by atoms with van der Waals surface area (Å²) in [6.07, 6.45) is 1.70. The second-order valence-corrected chi connectivity index (χ2v) is 6.06. The quantitative estimate of drug-likeness (QED) is 0.693. The lowest BCUT2D eigenvalue weighted by Crippen LogP contribution is -2.35. The molecule has 0 aliphatic rings. The van der Waals surface area contributed by atoms with E-state index in [1.165, 1.54) is 22.9 Å². The van der Waals surface area contributed by atoms with Crippen molar-refractivity contribution in [2.75, 3.05) is 0 Å². The van der Waals surface area contributed by atoms with Gasteiger partial charge >= 0.3 is 0 Å². The standard InChI is InChI=1S/C13H16ClN5O2/c1-13(2,3)15-7-9-8-18(17-16-9)12-6-10(19(20)21)4-5-11(12)14/h4-6,8,15H,7H2,1-3H3. The molecule has 0 aliphatic heterocycles. The van der Waals surface area contributed by atoms with E-state index in [4.69, 9.17) is 11.6 Å². The SMILES string of the molecule is CC(C)(C)NCc1cn(-c2cc([N+](=O)[O-])ccc2Cl)nn1. The van der Waals surface area contributed by atoms with E-state index in [9.17, 15) is 10.1 Å². The van der Waals surface area contributed by atoms with Crippen molar-refractivity contribution < 1.29 is 4.92 Å². The molecular weight excluding hydrogens is 294 g/mol. The summed E-state index contributed by atoms with van der Waals surface area (Å²) >= 11 is 6.07. The summed E-state index contributed by atoms with van der Waals surface area (Å²) < 4.78 is 1.44. The van der Waals surface area contributed by atoms with Crippen LogP contribution < -0.4 is 5.32 Å². The van der Waals surface area contributed by atoms with Crippen molar-refractivity contribution >= 4 is 17.3 Å². The van der Waals surface area contributed by atoms with E-state index in [0.717, 1.165) is 5.69 Å². The van der Waals surface area contributed by atoms with Gasteiger partial charge < -0.3 is 5.32 Å². The van der Waals surface area contributed by atoms with E-state index in [0.29, 0.717) is 17.3 Å². The summed E-state index contributed by atoms with van der Waals surface area (Å²) in [5, 5.41) is 22.5. The highest BCUT2D eigenvalue weighted by Gasteiger charge is 2.14. The molecule has 0 atom stereocenters. The van der Waals surface area contributed by atoms with Crippen molar-refractivity contribution in [3.05, 3.63) is 45.2 Å². The number of rotatable bonds is 4. The predicted octanol–water partition coefficient (Wildman–Crippen LogP) is 2.72. The Bertz CT molecular complexity index is 663. The van der Waals surface area contributed by atoms with Crippen molar-refractivity contribution in [1.82, 2.24) is 20.3 Å². The summed E-state index contributed by atoms with van der Waals surface area (Å²) in [6, 6.07) is 4.20. The first-order valence-corrected chi connectivity index (χ1v) is 6.74. The smallest absolute Gasteiger partial charge is 0.271 e. The zero-order valence-corrected chi connectivity index (χ0v) is 12.8. The largest absolute Gasteiger partial charge is 0.306 e. The van der Waals surface area contributed by atoms with E-state index in [-0.39, 0.29) is 11.2 Å². The third-order valence-electron chi connectivity index (χ3n) is 2.73. The van der Waals surface area contributed by atoms with Crippen LogP contribution in [0.3, 0.4) is 0 Å². The zero-order valence-electron chi connectivity index (χ0n) is 12.0. The van der Waals surface area contributed by atoms with Crippen LogP contribution in [0.1, 0.15) is 26.5 Å². The van der Waals surface area contributed by atoms with Crippen LogP contribution in [0.2, 0.25) is 5.02 Å². The molecule has 1 heterocycles. The molecule has 0 radical (unpaired) electrons. The van der Waals surface area contributed by atoms with Crippen molar-refractivity contribution in [3.63, 3.8) is 0 Å². The molecule has 0 bridgehead atoms. The molecule has 0 saturated carbocycles. The average molecular weight is 310 g/mol. The van der Waals surface area contributed by atoms with Crippen LogP contribution in [0.25, 0.3) is 5.69 Å². The Kier molecular flexibility index (Phi) is 4.24. The zero-order chi connectivity index (χ0) is 15.6. The predicted molar refractivity (Wildman–Crippen MR) is 79.6 cm³/mol. The number of nitro benzene ring substituents is 1. The summed E-state index contributed by atoms with van der Waals surface area (Å²) in [5.41, 5.74) is 1.08. The van der Waals surface area contributed by atoms with E-state index < -0.39 is 4.92 Å². The van der Waals surface area contributed by atoms with Gasteiger partial charge in [-0.25, -0.2) is 4.68 Å². The van der Waals surface area contributed by atoms with Gasteiger partial charge in [0, 0.05) is 24.2 Å². The summed E-state index contributed by atoms with van der Waals surface area (Å²) in [7, 11) is 0. The second-order valence-electron chi connectivity index (χ2n) is 5.65. The molecule has 7 nitrogen and oxygen atoms in total. The van der Waals surface area contributed by atoms with Gasteiger partial charge in [-0.1, -0.05) is 16.8 Å². The van der Waals surface area contributed by atoms with Gasteiger partial charge in [0.05, 0.1) is 27.5 Å². The lowest BCUT2D eigenvalue weighted by molar-refractivity contribution is -0.384. The number of nitrogens with zero attached hydrogens (tertiary/aromatic N) is 4. The number of nitro groups is 1. The van der Waals surface area contributed by atoms with Gasteiger partial charge in [-0.3, -0.25) is 10.1 Å². The molecule has 0 saturated heterocycles. The van der Waals surface area contributed by atoms with Crippen LogP contribution in [0.15, 0.2) is 24.4 Å². The molecule has 8 heteroatoms. The minimum atomic E-state index is -0.473. The second kappa shape index (κ2) is 5.79. The van der Waals surface area contributed by atoms with E-state index in [2.05, 4.69) is 36.4 Å². The van der Waals surface area contributed by atoms with Gasteiger partial charge in [-0.2, -0.15) is 0 Å². The molecule has 0 amide bonds. The Morgan fingerprint density at radius 3 is 2.76 bits per heavy atom. The fraction of sp³-hybridized carbons (Fsp3) is 0.385. The van der Waals surface area contributed by atoms with Crippen molar-refractivity contribution in [2.45, 2.75) is 32.9 Å². The Morgan fingerprint density at radius 2 is 2.14 bits per heavy atom. The van der Waals surface area contributed by atoms with E-state index in [1.54, 1.807) is 6.20 Å². The van der Waals surface area contributed by atoms with Gasteiger partial charge in [-0.05, 0) is 26.8 Å². The molecule has 0 fully saturated rings. The molecule has 0 spiro atoms. The molecule has 21 heavy (non-hydrogen) atoms. The summed E-state index contributed by atoms with van der Waals surface area (Å²) in [4.78, 5) is 10.3. The maximum atomic E-state index is 10.8. The van der Waals surface area contributed by atoms with Crippen LogP contribution in [-0.4, -0.2) is 25.5 Å². The topological polar surface area (TPSA) is 85.9 Å². The first-order valence-electron chi connectivity index (χ1n) is 6.37. The Balaban J connectivity index is 2.25. The Labute approximate surface area is 127 Å². The third kappa shape index (κ3) is 3.99. The molecule has 1 aromatic carbocycles. The number of nitrogens with one attached hydrogen (secondary N) is 1. The number of non-ortho nitro benzene ring substituents is 1. The number of hydrogen-bond acceptors (Lipinski definition) is 5. The number of halogens is 1. The van der Waals surface area contributed by atoms with Crippen LogP contribution in [0, 0.1) is 10.1 Å². The monoisotopic (exact) mass is 309 g/mol. The molecule has 112 valence electrons. The third-order valence-corrected chi connectivity index (χ3v) is 3.05. The van der Waals surface area contributed by atoms with Gasteiger partial charge in [0.2, 0.25) is 0 Å². The van der Waals surface area contributed by atoms with Gasteiger partial charge in [0.1, 0.15) is 0 Å². The first kappa shape index (κ1) is 15.4. The minimum absolute atomic E-state index is 0.0348. The number of hydrogen-bond donors (Lipinski definition) is 1. The molecule has 0 unspecified atom stereocenters. The number of aromatic nitrogens is 3. The first-order chi connectivity index (χ1) is 9.76. The van der Waals surface area contributed by atoms with Crippen molar-refractivity contribution in [3.8, 4) is 5.69 Å². The highest BCUT2D eigenvalue weighted by Crippen LogP contribution is 2.24. The lowest BCUT2D eigenvalue weighted by Gasteiger charge is -2.19. The van der Waals surface area contributed by atoms with Gasteiger partial charge in [0.15, 0.2) is 0 Å². The van der Waals surface area contributed by atoms with E-state index in [1.807, 2.05) is 0 Å². The van der Waals surface area contributed by atoms with Crippen LogP contribution in [-0.2, 0) is 6.54 Å². The molecule has 0 aliphatic carbocycles. The van der Waals surface area contributed by atoms with Gasteiger partial charge in [-0.15, -0.1) is 5.10 Å². The van der Waals surface area contributed by atoms with Crippen LogP contribution >= 0.6 is 11.6 Å². The fourth-order valence-corrected chi connectivity index (χ4v) is 1.85. The molecule has 1 aromatic heterocycles. The molecular formula is C13H16ClN5O2. The highest BCUT2D eigenvalue weighted by molar-refractivity contribution is 6.32. The highest BCUT2D eigenvalue weighted by atomic mass is 35.5. The molecule has 1 N–H and O–H groups in total. The van der Waals surface area contributed by atoms with E-state index >= 15 is 0 Å². The average Bonchev–Trinajstić information content (AvgIpc) is 2.84. The number of benzene rings is 1.